The van der Waals surface area contributed by atoms with E-state index in [4.69, 9.17) is 4.74 Å². The molecule has 2 fully saturated rings. The Morgan fingerprint density at radius 3 is 2.63 bits per heavy atom. The molecule has 1 saturated carbocycles. The van der Waals surface area contributed by atoms with Gasteiger partial charge in [-0.05, 0) is 50.5 Å². The summed E-state index contributed by atoms with van der Waals surface area (Å²) in [7, 11) is 0. The van der Waals surface area contributed by atoms with Gasteiger partial charge in [-0.2, -0.15) is 0 Å². The quantitative estimate of drug-likeness (QED) is 0.869. The zero-order valence-corrected chi connectivity index (χ0v) is 16.3. The number of rotatable bonds is 5. The van der Waals surface area contributed by atoms with E-state index in [0.717, 1.165) is 43.8 Å². The highest BCUT2D eigenvalue weighted by atomic mass is 16.5. The minimum Gasteiger partial charge on any atom is -0.491 e. The lowest BCUT2D eigenvalue weighted by atomic mass is 9.63. The summed E-state index contributed by atoms with van der Waals surface area (Å²) in [5.41, 5.74) is 1.54. The summed E-state index contributed by atoms with van der Waals surface area (Å²) >= 11 is 0. The molecule has 144 valence electrons. The van der Waals surface area contributed by atoms with Crippen molar-refractivity contribution in [2.75, 3.05) is 13.1 Å². The van der Waals surface area contributed by atoms with Gasteiger partial charge in [0, 0.05) is 49.4 Å². The van der Waals surface area contributed by atoms with Gasteiger partial charge < -0.3 is 9.84 Å². The van der Waals surface area contributed by atoms with Crippen LogP contribution in [0.25, 0.3) is 0 Å². The van der Waals surface area contributed by atoms with Crippen molar-refractivity contribution in [3.8, 4) is 5.75 Å². The lowest BCUT2D eigenvalue weighted by Gasteiger charge is -2.53. The molecule has 27 heavy (non-hydrogen) atoms. The second-order valence-electron chi connectivity index (χ2n) is 8.40. The first-order valence-electron chi connectivity index (χ1n) is 10.2. The number of nitrogens with zero attached hydrogens (tertiary/aromatic N) is 2. The van der Waals surface area contributed by atoms with Crippen LogP contribution in [0.5, 0.6) is 5.75 Å². The number of likely N-dealkylation sites (tertiary alicyclic amines) is 1. The van der Waals surface area contributed by atoms with Gasteiger partial charge in [-0.15, -0.1) is 0 Å². The van der Waals surface area contributed by atoms with Crippen molar-refractivity contribution in [3.63, 3.8) is 0 Å². The van der Waals surface area contributed by atoms with Gasteiger partial charge in [0.05, 0.1) is 11.7 Å². The fourth-order valence-electron chi connectivity index (χ4n) is 4.99. The van der Waals surface area contributed by atoms with Gasteiger partial charge in [0.1, 0.15) is 5.75 Å². The molecular formula is C23H30N2O2. The highest BCUT2D eigenvalue weighted by molar-refractivity contribution is 5.29. The number of aliphatic hydroxyl groups is 1. The normalized spacial score (nSPS) is 28.3. The van der Waals surface area contributed by atoms with Gasteiger partial charge in [0.25, 0.3) is 0 Å². The van der Waals surface area contributed by atoms with Gasteiger partial charge >= 0.3 is 0 Å². The third-order valence-electron chi connectivity index (χ3n) is 6.11. The van der Waals surface area contributed by atoms with Gasteiger partial charge in [-0.1, -0.05) is 24.6 Å². The molecule has 2 unspecified atom stereocenters. The highest BCUT2D eigenvalue weighted by Gasteiger charge is 2.51. The van der Waals surface area contributed by atoms with Crippen LogP contribution in [0.3, 0.4) is 0 Å². The van der Waals surface area contributed by atoms with E-state index < -0.39 is 5.60 Å². The van der Waals surface area contributed by atoms with E-state index in [2.05, 4.69) is 41.9 Å². The van der Waals surface area contributed by atoms with Crippen LogP contribution in [0.4, 0.5) is 0 Å². The molecule has 1 saturated heterocycles. The van der Waals surface area contributed by atoms with Crippen molar-refractivity contribution in [2.45, 2.75) is 51.4 Å². The van der Waals surface area contributed by atoms with Gasteiger partial charge in [-0.25, -0.2) is 0 Å². The molecule has 4 heteroatoms. The number of ether oxygens (including phenoxy) is 1. The summed E-state index contributed by atoms with van der Waals surface area (Å²) in [6.07, 6.45) is 7.19. The van der Waals surface area contributed by atoms with Crippen LogP contribution >= 0.6 is 0 Å². The number of hydrogen-bond donors (Lipinski definition) is 1. The average molecular weight is 367 g/mol. The number of fused-ring (bicyclic) bond motifs is 2. The van der Waals surface area contributed by atoms with Crippen molar-refractivity contribution >= 4 is 0 Å². The molecule has 1 aromatic heterocycles. The molecule has 0 radical (unpaired) electrons. The molecule has 1 N–H and O–H groups in total. The molecule has 1 aromatic carbocycles. The van der Waals surface area contributed by atoms with E-state index in [1.54, 1.807) is 6.20 Å². The Kier molecular flexibility index (Phi) is 5.20. The summed E-state index contributed by atoms with van der Waals surface area (Å²) in [5, 5.41) is 11.7. The van der Waals surface area contributed by atoms with Gasteiger partial charge in [0.2, 0.25) is 0 Å². The highest BCUT2D eigenvalue weighted by Crippen LogP contribution is 2.49. The van der Waals surface area contributed by atoms with E-state index in [-0.39, 0.29) is 17.9 Å². The van der Waals surface area contributed by atoms with Crippen LogP contribution in [0.1, 0.15) is 44.2 Å². The second-order valence-corrected chi connectivity index (χ2v) is 8.40. The van der Waals surface area contributed by atoms with Crippen LogP contribution in [-0.2, 0) is 12.1 Å². The lowest BCUT2D eigenvalue weighted by molar-refractivity contribution is -0.148. The number of hydrogen-bond acceptors (Lipinski definition) is 4. The molecule has 2 aliphatic rings. The Hall–Kier alpha value is -1.91. The van der Waals surface area contributed by atoms with Crippen molar-refractivity contribution in [2.24, 2.45) is 11.8 Å². The summed E-state index contributed by atoms with van der Waals surface area (Å²) in [6, 6.07) is 12.4. The number of aromatic nitrogens is 1. The topological polar surface area (TPSA) is 45.6 Å². The van der Waals surface area contributed by atoms with Crippen molar-refractivity contribution in [1.82, 2.24) is 9.88 Å². The maximum atomic E-state index is 11.7. The molecule has 0 amide bonds. The Bertz CT molecular complexity index is 748. The maximum absolute atomic E-state index is 11.7. The molecule has 4 rings (SSSR count). The Morgan fingerprint density at radius 1 is 1.19 bits per heavy atom. The zero-order valence-electron chi connectivity index (χ0n) is 16.3. The second kappa shape index (κ2) is 7.61. The Morgan fingerprint density at radius 2 is 1.96 bits per heavy atom. The standard InChI is InChI=1S/C23H30N2O2/c1-17(2)27-22-10-3-6-18(12-22)14-25-15-20-7-4-8-21(16-25)23(20,26)19-9-5-11-24-13-19/h3,5-6,9-13,17,20-21,26H,4,7-8,14-16H2,1-2H3. The molecule has 2 heterocycles. The fourth-order valence-corrected chi connectivity index (χ4v) is 4.99. The number of benzene rings is 1. The van der Waals surface area contributed by atoms with Crippen molar-refractivity contribution < 1.29 is 9.84 Å². The summed E-state index contributed by atoms with van der Waals surface area (Å²) in [4.78, 5) is 6.77. The van der Waals surface area contributed by atoms with Crippen LogP contribution in [-0.4, -0.2) is 34.2 Å². The lowest BCUT2D eigenvalue weighted by Crippen LogP contribution is -2.57. The molecule has 1 aliphatic heterocycles. The Balaban J connectivity index is 1.51. The van der Waals surface area contributed by atoms with Crippen molar-refractivity contribution in [3.05, 3.63) is 59.9 Å². The predicted molar refractivity (Wildman–Crippen MR) is 106 cm³/mol. The SMILES string of the molecule is CC(C)Oc1cccc(CN2CC3CCCC(C2)C3(O)c2cccnc2)c1. The molecule has 1 aliphatic carbocycles. The summed E-state index contributed by atoms with van der Waals surface area (Å²) < 4.78 is 5.84. The summed E-state index contributed by atoms with van der Waals surface area (Å²) in [5.74, 6) is 1.47. The molecule has 2 aromatic rings. The average Bonchev–Trinajstić information content (AvgIpc) is 2.63. The Labute approximate surface area is 162 Å². The van der Waals surface area contributed by atoms with Gasteiger partial charge in [-0.3, -0.25) is 9.88 Å². The number of piperidine rings is 1. The minimum absolute atomic E-state index is 0.184. The van der Waals surface area contributed by atoms with Crippen LogP contribution in [0, 0.1) is 11.8 Å². The van der Waals surface area contributed by atoms with E-state index in [1.807, 2.05) is 24.4 Å². The molecule has 4 nitrogen and oxygen atoms in total. The number of pyridine rings is 1. The first-order valence-corrected chi connectivity index (χ1v) is 10.2. The molecular weight excluding hydrogens is 336 g/mol. The van der Waals surface area contributed by atoms with E-state index in [9.17, 15) is 5.11 Å². The molecule has 2 bridgehead atoms. The third kappa shape index (κ3) is 3.74. The van der Waals surface area contributed by atoms with E-state index in [1.165, 1.54) is 12.0 Å². The predicted octanol–water partition coefficient (Wildman–Crippen LogP) is 3.99. The van der Waals surface area contributed by atoms with E-state index in [0.29, 0.717) is 0 Å². The molecule has 2 atom stereocenters. The first-order chi connectivity index (χ1) is 13.1. The summed E-state index contributed by atoms with van der Waals surface area (Å²) in [6.45, 7) is 6.87. The third-order valence-corrected chi connectivity index (χ3v) is 6.11. The monoisotopic (exact) mass is 366 g/mol. The fraction of sp³-hybridized carbons (Fsp3) is 0.522. The van der Waals surface area contributed by atoms with Crippen molar-refractivity contribution in [1.29, 1.82) is 0 Å². The van der Waals surface area contributed by atoms with Crippen LogP contribution in [0.15, 0.2) is 48.8 Å². The van der Waals surface area contributed by atoms with Crippen LogP contribution < -0.4 is 4.74 Å². The zero-order chi connectivity index (χ0) is 18.9. The first kappa shape index (κ1) is 18.5. The minimum atomic E-state index is -0.731. The largest absolute Gasteiger partial charge is 0.491 e. The molecule has 0 spiro atoms. The van der Waals surface area contributed by atoms with Crippen LogP contribution in [0.2, 0.25) is 0 Å². The smallest absolute Gasteiger partial charge is 0.120 e. The maximum Gasteiger partial charge on any atom is 0.120 e. The van der Waals surface area contributed by atoms with Gasteiger partial charge in [0.15, 0.2) is 0 Å². The van der Waals surface area contributed by atoms with E-state index >= 15 is 0 Å².